The maximum atomic E-state index is 14.1. The number of hydrogen-bond acceptors (Lipinski definition) is 4. The number of carboxylic acids is 1. The monoisotopic (exact) mass is 346 g/mol. The van der Waals surface area contributed by atoms with Crippen molar-refractivity contribution in [3.63, 3.8) is 0 Å². The third kappa shape index (κ3) is 3.38. The van der Waals surface area contributed by atoms with Gasteiger partial charge in [-0.05, 0) is 25.0 Å². The van der Waals surface area contributed by atoms with Crippen molar-refractivity contribution in [2.24, 2.45) is 5.92 Å². The second-order valence-electron chi connectivity index (χ2n) is 6.04. The lowest BCUT2D eigenvalue weighted by molar-refractivity contribution is -0.141. The minimum atomic E-state index is -0.910. The highest BCUT2D eigenvalue weighted by Crippen LogP contribution is 2.20. The van der Waals surface area contributed by atoms with Crippen LogP contribution in [0.2, 0.25) is 0 Å². The Morgan fingerprint density at radius 2 is 2.12 bits per heavy atom. The molecule has 1 atom stereocenters. The number of aromatic nitrogens is 3. The third-order valence-electron chi connectivity index (χ3n) is 4.24. The summed E-state index contributed by atoms with van der Waals surface area (Å²) in [5.41, 5.74) is 0.238. The number of para-hydroxylation sites is 1. The fraction of sp³-hybridized carbons (Fsp3) is 0.412. The van der Waals surface area contributed by atoms with Crippen molar-refractivity contribution >= 4 is 11.9 Å². The molecular formula is C17H19FN4O3. The van der Waals surface area contributed by atoms with Crippen molar-refractivity contribution in [2.45, 2.75) is 26.2 Å². The smallest absolute Gasteiger partial charge is 0.308 e. The van der Waals surface area contributed by atoms with E-state index in [1.54, 1.807) is 18.2 Å². The van der Waals surface area contributed by atoms with E-state index < -0.39 is 23.6 Å². The number of nitrogens with zero attached hydrogens (tertiary/aromatic N) is 4. The summed E-state index contributed by atoms with van der Waals surface area (Å²) >= 11 is 0. The summed E-state index contributed by atoms with van der Waals surface area (Å²) < 4.78 is 15.5. The first-order valence-electron chi connectivity index (χ1n) is 8.24. The summed E-state index contributed by atoms with van der Waals surface area (Å²) in [7, 11) is 0. The largest absolute Gasteiger partial charge is 0.481 e. The number of aryl methyl sites for hydroxylation is 1. The molecule has 1 saturated heterocycles. The molecule has 8 heteroatoms. The molecule has 132 valence electrons. The van der Waals surface area contributed by atoms with E-state index in [-0.39, 0.29) is 18.1 Å². The normalized spacial score (nSPS) is 17.0. The Hall–Kier alpha value is -2.77. The number of amides is 1. The number of halogens is 1. The van der Waals surface area contributed by atoms with E-state index in [4.69, 9.17) is 5.11 Å². The summed E-state index contributed by atoms with van der Waals surface area (Å²) in [5, 5.41) is 13.3. The van der Waals surface area contributed by atoms with Crippen LogP contribution in [0.25, 0.3) is 5.69 Å². The number of carboxylic acid groups (broad SMARTS) is 1. The highest BCUT2D eigenvalue weighted by molar-refractivity contribution is 5.91. The SMILES string of the molecule is CCCc1nc(C(=O)N2CC[C@@H](C(=O)O)C2)nn1-c1ccccc1F. The van der Waals surface area contributed by atoms with E-state index in [0.717, 1.165) is 6.42 Å². The zero-order valence-corrected chi connectivity index (χ0v) is 13.9. The second kappa shape index (κ2) is 7.00. The van der Waals surface area contributed by atoms with Crippen LogP contribution in [0.15, 0.2) is 24.3 Å². The van der Waals surface area contributed by atoms with Gasteiger partial charge in [-0.15, -0.1) is 5.10 Å². The summed E-state index contributed by atoms with van der Waals surface area (Å²) in [4.78, 5) is 29.4. The van der Waals surface area contributed by atoms with E-state index >= 15 is 0 Å². The first kappa shape index (κ1) is 17.1. The van der Waals surface area contributed by atoms with Gasteiger partial charge in [0.25, 0.3) is 5.91 Å². The van der Waals surface area contributed by atoms with E-state index in [9.17, 15) is 14.0 Å². The number of rotatable bonds is 5. The lowest BCUT2D eigenvalue weighted by atomic mass is 10.1. The van der Waals surface area contributed by atoms with Gasteiger partial charge in [0, 0.05) is 19.5 Å². The molecule has 2 aromatic rings. The number of aliphatic carboxylic acids is 1. The van der Waals surface area contributed by atoms with Crippen molar-refractivity contribution in [1.82, 2.24) is 19.7 Å². The highest BCUT2D eigenvalue weighted by Gasteiger charge is 2.33. The van der Waals surface area contributed by atoms with Crippen molar-refractivity contribution in [1.29, 1.82) is 0 Å². The zero-order chi connectivity index (χ0) is 18.0. The number of carbonyl (C=O) groups excluding carboxylic acids is 1. The minimum absolute atomic E-state index is 0.0299. The van der Waals surface area contributed by atoms with Crippen LogP contribution in [-0.4, -0.2) is 49.7 Å². The first-order chi connectivity index (χ1) is 12.0. The molecule has 7 nitrogen and oxygen atoms in total. The molecule has 1 aliphatic rings. The number of carbonyl (C=O) groups is 2. The van der Waals surface area contributed by atoms with E-state index in [2.05, 4.69) is 10.1 Å². The van der Waals surface area contributed by atoms with Gasteiger partial charge in [-0.25, -0.2) is 14.1 Å². The van der Waals surface area contributed by atoms with Gasteiger partial charge >= 0.3 is 5.97 Å². The van der Waals surface area contributed by atoms with Crippen LogP contribution in [-0.2, 0) is 11.2 Å². The van der Waals surface area contributed by atoms with Gasteiger partial charge < -0.3 is 10.0 Å². The molecule has 3 rings (SSSR count). The Morgan fingerprint density at radius 1 is 1.36 bits per heavy atom. The Labute approximate surface area is 144 Å². The Bertz CT molecular complexity index is 805. The van der Waals surface area contributed by atoms with Gasteiger partial charge in [0.15, 0.2) is 0 Å². The number of benzene rings is 1. The maximum absolute atomic E-state index is 14.1. The zero-order valence-electron chi connectivity index (χ0n) is 13.9. The second-order valence-corrected chi connectivity index (χ2v) is 6.04. The molecule has 1 amide bonds. The van der Waals surface area contributed by atoms with Gasteiger partial charge in [-0.1, -0.05) is 19.1 Å². The lowest BCUT2D eigenvalue weighted by Crippen LogP contribution is -2.30. The summed E-state index contributed by atoms with van der Waals surface area (Å²) in [6.45, 7) is 2.46. The average molecular weight is 346 g/mol. The fourth-order valence-corrected chi connectivity index (χ4v) is 2.92. The molecule has 1 N–H and O–H groups in total. The topological polar surface area (TPSA) is 88.3 Å². The summed E-state index contributed by atoms with van der Waals surface area (Å²) in [6.07, 6.45) is 1.73. The predicted molar refractivity (Wildman–Crippen MR) is 87.0 cm³/mol. The Balaban J connectivity index is 1.90. The van der Waals surface area contributed by atoms with Crippen LogP contribution in [0.5, 0.6) is 0 Å². The molecule has 0 bridgehead atoms. The van der Waals surface area contributed by atoms with Crippen molar-refractivity contribution in [3.8, 4) is 5.69 Å². The molecule has 2 heterocycles. The summed E-state index contributed by atoms with van der Waals surface area (Å²) in [5.74, 6) is -1.87. The van der Waals surface area contributed by atoms with Crippen LogP contribution in [0.4, 0.5) is 4.39 Å². The molecule has 1 fully saturated rings. The average Bonchev–Trinajstić information content (AvgIpc) is 3.22. The van der Waals surface area contributed by atoms with Crippen LogP contribution in [0, 0.1) is 11.7 Å². The van der Waals surface area contributed by atoms with Gasteiger partial charge in [0.1, 0.15) is 17.3 Å². The van der Waals surface area contributed by atoms with E-state index in [1.807, 2.05) is 6.92 Å². The van der Waals surface area contributed by atoms with Crippen molar-refractivity contribution < 1.29 is 19.1 Å². The third-order valence-corrected chi connectivity index (χ3v) is 4.24. The predicted octanol–water partition coefficient (Wildman–Crippen LogP) is 1.91. The van der Waals surface area contributed by atoms with Gasteiger partial charge in [0.2, 0.25) is 5.82 Å². The molecular weight excluding hydrogens is 327 g/mol. The molecule has 25 heavy (non-hydrogen) atoms. The van der Waals surface area contributed by atoms with E-state index in [0.29, 0.717) is 25.2 Å². The fourth-order valence-electron chi connectivity index (χ4n) is 2.92. The van der Waals surface area contributed by atoms with Gasteiger partial charge in [0.05, 0.1) is 5.92 Å². The molecule has 1 aromatic heterocycles. The van der Waals surface area contributed by atoms with Crippen LogP contribution < -0.4 is 0 Å². The van der Waals surface area contributed by atoms with Crippen molar-refractivity contribution in [3.05, 3.63) is 41.7 Å². The minimum Gasteiger partial charge on any atom is -0.481 e. The molecule has 0 aliphatic carbocycles. The standard InChI is InChI=1S/C17H19FN4O3/c1-2-5-14-19-15(16(23)21-9-8-11(10-21)17(24)25)20-22(14)13-7-4-3-6-12(13)18/h3-4,6-7,11H,2,5,8-10H2,1H3,(H,24,25)/t11-/m1/s1. The molecule has 0 saturated carbocycles. The molecule has 0 radical (unpaired) electrons. The van der Waals surface area contributed by atoms with E-state index in [1.165, 1.54) is 15.6 Å². The molecule has 1 aliphatic heterocycles. The van der Waals surface area contributed by atoms with Gasteiger partial charge in [-0.3, -0.25) is 9.59 Å². The highest BCUT2D eigenvalue weighted by atomic mass is 19.1. The first-order valence-corrected chi connectivity index (χ1v) is 8.24. The number of hydrogen-bond donors (Lipinski definition) is 1. The summed E-state index contributed by atoms with van der Waals surface area (Å²) in [6, 6.07) is 6.17. The quantitative estimate of drug-likeness (QED) is 0.893. The van der Waals surface area contributed by atoms with Crippen molar-refractivity contribution in [2.75, 3.05) is 13.1 Å². The molecule has 0 spiro atoms. The maximum Gasteiger partial charge on any atom is 0.308 e. The van der Waals surface area contributed by atoms with Crippen LogP contribution in [0.1, 0.15) is 36.2 Å². The lowest BCUT2D eigenvalue weighted by Gasteiger charge is -2.13. The molecule has 0 unspecified atom stereocenters. The van der Waals surface area contributed by atoms with Gasteiger partial charge in [-0.2, -0.15) is 0 Å². The Kier molecular flexibility index (Phi) is 4.78. The molecule has 1 aromatic carbocycles. The van der Waals surface area contributed by atoms with Crippen LogP contribution >= 0.6 is 0 Å². The number of likely N-dealkylation sites (tertiary alicyclic amines) is 1. The Morgan fingerprint density at radius 3 is 2.76 bits per heavy atom. The van der Waals surface area contributed by atoms with Crippen LogP contribution in [0.3, 0.4) is 0 Å².